The summed E-state index contributed by atoms with van der Waals surface area (Å²) in [5, 5.41) is 19.8. The van der Waals surface area contributed by atoms with Crippen LogP contribution in [0.25, 0.3) is 0 Å². The predicted molar refractivity (Wildman–Crippen MR) is 86.4 cm³/mol. The number of benzene rings is 1. The van der Waals surface area contributed by atoms with E-state index in [4.69, 9.17) is 5.21 Å². The number of hydroxylamine groups is 1. The minimum absolute atomic E-state index is 0.0291. The second-order valence-corrected chi connectivity index (χ2v) is 8.26. The molecule has 1 aromatic rings. The van der Waals surface area contributed by atoms with Crippen LogP contribution in [0.2, 0.25) is 0 Å². The van der Waals surface area contributed by atoms with Gasteiger partial charge in [-0.2, -0.15) is 0 Å². The van der Waals surface area contributed by atoms with Crippen LogP contribution in [0.3, 0.4) is 0 Å². The van der Waals surface area contributed by atoms with Crippen LogP contribution < -0.4 is 5.48 Å². The van der Waals surface area contributed by atoms with E-state index in [0.717, 1.165) is 32.1 Å². The van der Waals surface area contributed by atoms with Crippen LogP contribution in [0.5, 0.6) is 0 Å². The van der Waals surface area contributed by atoms with Crippen LogP contribution in [0.1, 0.15) is 50.5 Å². The monoisotopic (exact) mass is 330 g/mol. The van der Waals surface area contributed by atoms with Crippen molar-refractivity contribution in [3.05, 3.63) is 39.9 Å². The average molecular weight is 330 g/mol. The fourth-order valence-corrected chi connectivity index (χ4v) is 6.31. The molecule has 6 nitrogen and oxygen atoms in total. The van der Waals surface area contributed by atoms with Crippen molar-refractivity contribution < 1.29 is 14.9 Å². The highest BCUT2D eigenvalue weighted by Gasteiger charge is 2.58. The van der Waals surface area contributed by atoms with Gasteiger partial charge in [-0.15, -0.1) is 0 Å². The van der Waals surface area contributed by atoms with E-state index < -0.39 is 0 Å². The summed E-state index contributed by atoms with van der Waals surface area (Å²) in [5.41, 5.74) is 3.11. The molecule has 0 heterocycles. The van der Waals surface area contributed by atoms with Crippen molar-refractivity contribution in [2.24, 2.45) is 17.3 Å². The molecule has 4 fully saturated rings. The Kier molecular flexibility index (Phi) is 3.42. The molecule has 4 aliphatic carbocycles. The second-order valence-electron chi connectivity index (χ2n) is 8.26. The van der Waals surface area contributed by atoms with Gasteiger partial charge in [0, 0.05) is 18.6 Å². The van der Waals surface area contributed by atoms with Gasteiger partial charge in [0.05, 0.1) is 4.92 Å². The Morgan fingerprint density at radius 2 is 1.83 bits per heavy atom. The van der Waals surface area contributed by atoms with Crippen LogP contribution >= 0.6 is 0 Å². The first-order chi connectivity index (χ1) is 11.4. The van der Waals surface area contributed by atoms with Crippen LogP contribution in [0, 0.1) is 27.4 Å². The third kappa shape index (κ3) is 2.40. The minimum atomic E-state index is -0.365. The summed E-state index contributed by atoms with van der Waals surface area (Å²) in [7, 11) is 0. The number of nitro groups is 1. The molecule has 4 atom stereocenters. The molecule has 5 rings (SSSR count). The van der Waals surface area contributed by atoms with Crippen LogP contribution in [-0.2, 0) is 10.2 Å². The number of non-ortho nitro benzene ring substituents is 1. The molecular weight excluding hydrogens is 308 g/mol. The van der Waals surface area contributed by atoms with Crippen molar-refractivity contribution in [1.82, 2.24) is 5.48 Å². The molecule has 0 spiro atoms. The summed E-state index contributed by atoms with van der Waals surface area (Å²) in [6.07, 6.45) is 6.91. The highest BCUT2D eigenvalue weighted by molar-refractivity contribution is 5.75. The number of nitrogens with zero attached hydrogens (tertiary/aromatic N) is 1. The number of carbonyl (C=O) groups excluding carboxylic acids is 1. The van der Waals surface area contributed by atoms with Crippen LogP contribution in [-0.4, -0.2) is 16.0 Å². The molecular formula is C18H22N2O4. The largest absolute Gasteiger partial charge is 0.289 e. The lowest BCUT2D eigenvalue weighted by Gasteiger charge is -2.62. The molecule has 4 bridgehead atoms. The number of nitrogens with one attached hydrogen (secondary N) is 1. The Morgan fingerprint density at radius 3 is 2.38 bits per heavy atom. The molecule has 128 valence electrons. The van der Waals surface area contributed by atoms with E-state index in [1.165, 1.54) is 12.0 Å². The van der Waals surface area contributed by atoms with Crippen molar-refractivity contribution >= 4 is 11.6 Å². The first-order valence-electron chi connectivity index (χ1n) is 8.62. The first-order valence-corrected chi connectivity index (χ1v) is 8.62. The molecule has 2 N–H and O–H groups in total. The third-order valence-electron chi connectivity index (χ3n) is 6.53. The second kappa shape index (κ2) is 5.28. The number of rotatable bonds is 4. The fourth-order valence-electron chi connectivity index (χ4n) is 6.31. The van der Waals surface area contributed by atoms with Gasteiger partial charge in [-0.1, -0.05) is 12.1 Å². The summed E-state index contributed by atoms with van der Waals surface area (Å²) in [4.78, 5) is 22.4. The Morgan fingerprint density at radius 1 is 1.21 bits per heavy atom. The van der Waals surface area contributed by atoms with Crippen molar-refractivity contribution in [2.75, 3.05) is 0 Å². The van der Waals surface area contributed by atoms with Gasteiger partial charge in [0.1, 0.15) is 0 Å². The van der Waals surface area contributed by atoms with E-state index in [-0.39, 0.29) is 27.3 Å². The van der Waals surface area contributed by atoms with Gasteiger partial charge >= 0.3 is 0 Å². The zero-order valence-corrected chi connectivity index (χ0v) is 13.5. The highest BCUT2D eigenvalue weighted by Crippen LogP contribution is 2.66. The van der Waals surface area contributed by atoms with Crippen LogP contribution in [0.4, 0.5) is 5.69 Å². The lowest BCUT2D eigenvalue weighted by atomic mass is 9.42. The van der Waals surface area contributed by atoms with Gasteiger partial charge in [0.2, 0.25) is 5.91 Å². The topological polar surface area (TPSA) is 92.5 Å². The maximum absolute atomic E-state index is 11.8. The summed E-state index contributed by atoms with van der Waals surface area (Å²) >= 11 is 0. The van der Waals surface area contributed by atoms with Crippen molar-refractivity contribution in [3.8, 4) is 0 Å². The SMILES string of the molecule is O=C(CC12C[C@H]3C[C@@H](C1)CC(c1ccc([N+](=O)[O-])cc1)(C3)C2)NO. The third-order valence-corrected chi connectivity index (χ3v) is 6.53. The smallest absolute Gasteiger partial charge is 0.269 e. The van der Waals surface area contributed by atoms with E-state index in [1.807, 2.05) is 12.1 Å². The van der Waals surface area contributed by atoms with E-state index in [2.05, 4.69) is 0 Å². The molecule has 2 unspecified atom stereocenters. The number of carbonyl (C=O) groups is 1. The summed E-state index contributed by atoms with van der Waals surface area (Å²) in [5.74, 6) is 0.941. The van der Waals surface area contributed by atoms with Crippen LogP contribution in [0.15, 0.2) is 24.3 Å². The Balaban J connectivity index is 1.67. The molecule has 24 heavy (non-hydrogen) atoms. The molecule has 0 aromatic heterocycles. The summed E-state index contributed by atoms with van der Waals surface area (Å²) < 4.78 is 0. The number of amides is 1. The predicted octanol–water partition coefficient (Wildman–Crippen LogP) is 3.33. The normalized spacial score (nSPS) is 36.5. The zero-order chi connectivity index (χ0) is 16.9. The number of nitro benzene ring substituents is 1. The zero-order valence-electron chi connectivity index (χ0n) is 13.5. The first kappa shape index (κ1) is 15.6. The molecule has 1 amide bonds. The average Bonchev–Trinajstić information content (AvgIpc) is 2.53. The van der Waals surface area contributed by atoms with Gasteiger partial charge in [-0.05, 0) is 66.8 Å². The van der Waals surface area contributed by atoms with Gasteiger partial charge in [0.15, 0.2) is 0 Å². The van der Waals surface area contributed by atoms with E-state index in [0.29, 0.717) is 18.3 Å². The Labute approximate surface area is 140 Å². The lowest BCUT2D eigenvalue weighted by Crippen LogP contribution is -2.55. The van der Waals surface area contributed by atoms with E-state index >= 15 is 0 Å². The Hall–Kier alpha value is -1.95. The molecule has 0 aliphatic heterocycles. The quantitative estimate of drug-likeness (QED) is 0.503. The molecule has 0 radical (unpaired) electrons. The molecule has 1 aromatic carbocycles. The van der Waals surface area contributed by atoms with Gasteiger partial charge in [-0.3, -0.25) is 20.1 Å². The molecule has 0 saturated heterocycles. The summed E-state index contributed by atoms with van der Waals surface area (Å²) in [6.45, 7) is 0. The van der Waals surface area contributed by atoms with Crippen molar-refractivity contribution in [1.29, 1.82) is 0 Å². The van der Waals surface area contributed by atoms with Gasteiger partial charge in [0.25, 0.3) is 5.69 Å². The Bertz CT molecular complexity index is 671. The molecule has 4 aliphatic rings. The van der Waals surface area contributed by atoms with E-state index in [9.17, 15) is 14.9 Å². The summed E-state index contributed by atoms with van der Waals surface area (Å²) in [6, 6.07) is 7.01. The molecule has 4 saturated carbocycles. The fraction of sp³-hybridized carbons (Fsp3) is 0.611. The lowest BCUT2D eigenvalue weighted by molar-refractivity contribution is -0.384. The number of hydrogen-bond donors (Lipinski definition) is 2. The standard InChI is InChI=1S/C18H22N2O4/c21-16(19-22)10-17-6-12-5-13(7-17)9-18(8-12,11-17)14-1-3-15(4-2-14)20(23)24/h1-4,12-13,22H,5-11H2,(H,19,21)/t12-,13+,17?,18?. The number of hydrogen-bond acceptors (Lipinski definition) is 4. The van der Waals surface area contributed by atoms with E-state index in [1.54, 1.807) is 17.6 Å². The van der Waals surface area contributed by atoms with Crippen molar-refractivity contribution in [2.45, 2.75) is 50.4 Å². The minimum Gasteiger partial charge on any atom is -0.289 e. The van der Waals surface area contributed by atoms with Gasteiger partial charge < -0.3 is 0 Å². The van der Waals surface area contributed by atoms with Crippen molar-refractivity contribution in [3.63, 3.8) is 0 Å². The molecule has 6 heteroatoms. The maximum Gasteiger partial charge on any atom is 0.269 e. The van der Waals surface area contributed by atoms with Gasteiger partial charge in [-0.25, -0.2) is 5.48 Å². The maximum atomic E-state index is 11.8. The highest BCUT2D eigenvalue weighted by atomic mass is 16.6.